The molecular formula is C15H22N2O2. The summed E-state index contributed by atoms with van der Waals surface area (Å²) in [6, 6.07) is 10.7. The Bertz CT molecular complexity index is 408. The third-order valence-electron chi connectivity index (χ3n) is 3.81. The minimum atomic E-state index is -0.705. The maximum Gasteiger partial charge on any atom is 0.303 e. The van der Waals surface area contributed by atoms with Gasteiger partial charge in [-0.25, -0.2) is 0 Å². The topological polar surface area (TPSA) is 43.8 Å². The maximum atomic E-state index is 10.8. The molecule has 2 rings (SSSR count). The summed E-state index contributed by atoms with van der Waals surface area (Å²) >= 11 is 0. The highest BCUT2D eigenvalue weighted by Gasteiger charge is 2.22. The van der Waals surface area contributed by atoms with E-state index in [0.29, 0.717) is 6.04 Å². The molecule has 1 fully saturated rings. The van der Waals surface area contributed by atoms with E-state index in [1.807, 2.05) is 6.07 Å². The average Bonchev–Trinajstić information content (AvgIpc) is 2.59. The zero-order valence-electron chi connectivity index (χ0n) is 11.5. The van der Waals surface area contributed by atoms with Crippen LogP contribution in [0.3, 0.4) is 0 Å². The van der Waals surface area contributed by atoms with E-state index in [9.17, 15) is 4.79 Å². The number of carbonyl (C=O) groups is 1. The van der Waals surface area contributed by atoms with E-state index in [-0.39, 0.29) is 6.42 Å². The van der Waals surface area contributed by atoms with Crippen molar-refractivity contribution in [1.82, 2.24) is 4.90 Å². The SMILES string of the molecule is CN1CCCN(c2ccccc2)CC1CCC(=O)O. The molecule has 1 atom stereocenters. The Labute approximate surface area is 114 Å². The number of hydrogen-bond acceptors (Lipinski definition) is 3. The molecular weight excluding hydrogens is 240 g/mol. The lowest BCUT2D eigenvalue weighted by molar-refractivity contribution is -0.137. The van der Waals surface area contributed by atoms with E-state index in [0.717, 1.165) is 32.5 Å². The second-order valence-electron chi connectivity index (χ2n) is 5.20. The third kappa shape index (κ3) is 3.96. The molecule has 4 heteroatoms. The molecule has 0 saturated carbocycles. The molecule has 1 N–H and O–H groups in total. The average molecular weight is 262 g/mol. The minimum Gasteiger partial charge on any atom is -0.481 e. The molecule has 1 aromatic rings. The smallest absolute Gasteiger partial charge is 0.303 e. The van der Waals surface area contributed by atoms with Crippen LogP contribution in [0.1, 0.15) is 19.3 Å². The number of benzene rings is 1. The van der Waals surface area contributed by atoms with Gasteiger partial charge in [-0.05, 0) is 38.6 Å². The summed E-state index contributed by atoms with van der Waals surface area (Å²) in [6.07, 6.45) is 2.09. The largest absolute Gasteiger partial charge is 0.481 e. The predicted molar refractivity (Wildman–Crippen MR) is 76.6 cm³/mol. The zero-order valence-corrected chi connectivity index (χ0v) is 11.5. The van der Waals surface area contributed by atoms with E-state index < -0.39 is 5.97 Å². The highest BCUT2D eigenvalue weighted by molar-refractivity contribution is 5.66. The van der Waals surface area contributed by atoms with Crippen LogP contribution in [0, 0.1) is 0 Å². The van der Waals surface area contributed by atoms with Gasteiger partial charge in [-0.15, -0.1) is 0 Å². The van der Waals surface area contributed by atoms with Crippen molar-refractivity contribution in [3.63, 3.8) is 0 Å². The van der Waals surface area contributed by atoms with Crippen LogP contribution in [0.4, 0.5) is 5.69 Å². The Kier molecular flexibility index (Phi) is 4.80. The first kappa shape index (κ1) is 13.9. The molecule has 1 aliphatic heterocycles. The Morgan fingerprint density at radius 2 is 2.05 bits per heavy atom. The van der Waals surface area contributed by atoms with Gasteiger partial charge in [-0.3, -0.25) is 4.79 Å². The first-order valence-corrected chi connectivity index (χ1v) is 6.89. The van der Waals surface area contributed by atoms with Crippen molar-refractivity contribution in [2.75, 3.05) is 31.6 Å². The number of aliphatic carboxylic acids is 1. The number of anilines is 1. The van der Waals surface area contributed by atoms with Crippen molar-refractivity contribution in [3.05, 3.63) is 30.3 Å². The number of likely N-dealkylation sites (N-methyl/N-ethyl adjacent to an activating group) is 1. The number of carboxylic acids is 1. The van der Waals surface area contributed by atoms with Crippen molar-refractivity contribution >= 4 is 11.7 Å². The standard InChI is InChI=1S/C15H22N2O2/c1-16-10-5-11-17(13-6-3-2-4-7-13)12-14(16)8-9-15(18)19/h2-4,6-7,14H,5,8-12H2,1H3,(H,18,19). The minimum absolute atomic E-state index is 0.248. The summed E-state index contributed by atoms with van der Waals surface area (Å²) in [4.78, 5) is 15.4. The molecule has 1 heterocycles. The summed E-state index contributed by atoms with van der Waals surface area (Å²) in [5.74, 6) is -0.705. The fourth-order valence-corrected chi connectivity index (χ4v) is 2.65. The van der Waals surface area contributed by atoms with Gasteiger partial charge in [0.25, 0.3) is 0 Å². The Balaban J connectivity index is 2.04. The van der Waals surface area contributed by atoms with Crippen molar-refractivity contribution in [1.29, 1.82) is 0 Å². The van der Waals surface area contributed by atoms with Crippen molar-refractivity contribution in [2.24, 2.45) is 0 Å². The van der Waals surface area contributed by atoms with Gasteiger partial charge in [0, 0.05) is 31.2 Å². The molecule has 0 aliphatic carbocycles. The summed E-state index contributed by atoms with van der Waals surface area (Å²) in [5, 5.41) is 8.85. The van der Waals surface area contributed by atoms with Gasteiger partial charge in [0.1, 0.15) is 0 Å². The molecule has 1 saturated heterocycles. The molecule has 1 aliphatic rings. The van der Waals surface area contributed by atoms with E-state index in [4.69, 9.17) is 5.11 Å². The van der Waals surface area contributed by atoms with Gasteiger partial charge in [0.05, 0.1) is 0 Å². The highest BCUT2D eigenvalue weighted by Crippen LogP contribution is 2.19. The van der Waals surface area contributed by atoms with Gasteiger partial charge < -0.3 is 14.9 Å². The van der Waals surface area contributed by atoms with Gasteiger partial charge in [0.2, 0.25) is 0 Å². The quantitative estimate of drug-likeness (QED) is 0.902. The molecule has 0 amide bonds. The van der Waals surface area contributed by atoms with Crippen molar-refractivity contribution in [2.45, 2.75) is 25.3 Å². The van der Waals surface area contributed by atoms with Gasteiger partial charge in [0.15, 0.2) is 0 Å². The van der Waals surface area contributed by atoms with Crippen LogP contribution in [0.25, 0.3) is 0 Å². The van der Waals surface area contributed by atoms with Crippen LogP contribution < -0.4 is 4.90 Å². The zero-order chi connectivity index (χ0) is 13.7. The lowest BCUT2D eigenvalue weighted by Crippen LogP contribution is -2.39. The Hall–Kier alpha value is -1.55. The molecule has 104 valence electrons. The molecule has 0 bridgehead atoms. The predicted octanol–water partition coefficient (Wildman–Crippen LogP) is 2.06. The summed E-state index contributed by atoms with van der Waals surface area (Å²) < 4.78 is 0. The third-order valence-corrected chi connectivity index (χ3v) is 3.81. The summed E-state index contributed by atoms with van der Waals surface area (Å²) in [7, 11) is 2.10. The van der Waals surface area contributed by atoms with E-state index in [1.54, 1.807) is 0 Å². The molecule has 4 nitrogen and oxygen atoms in total. The fourth-order valence-electron chi connectivity index (χ4n) is 2.65. The van der Waals surface area contributed by atoms with Gasteiger partial charge in [-0.2, -0.15) is 0 Å². The summed E-state index contributed by atoms with van der Waals surface area (Å²) in [6.45, 7) is 2.99. The first-order valence-electron chi connectivity index (χ1n) is 6.89. The number of hydrogen-bond donors (Lipinski definition) is 1. The van der Waals surface area contributed by atoms with Crippen LogP contribution in [-0.4, -0.2) is 48.7 Å². The number of para-hydroxylation sites is 1. The molecule has 1 unspecified atom stereocenters. The number of rotatable bonds is 4. The van der Waals surface area contributed by atoms with E-state index >= 15 is 0 Å². The van der Waals surface area contributed by atoms with Crippen molar-refractivity contribution < 1.29 is 9.90 Å². The number of carboxylic acid groups (broad SMARTS) is 1. The van der Waals surface area contributed by atoms with Gasteiger partial charge in [-0.1, -0.05) is 18.2 Å². The second kappa shape index (κ2) is 6.57. The van der Waals surface area contributed by atoms with Crippen LogP contribution in [0.5, 0.6) is 0 Å². The molecule has 0 spiro atoms. The lowest BCUT2D eigenvalue weighted by Gasteiger charge is -2.29. The molecule has 0 aromatic heterocycles. The Morgan fingerprint density at radius 3 is 2.74 bits per heavy atom. The van der Waals surface area contributed by atoms with E-state index in [1.165, 1.54) is 5.69 Å². The maximum absolute atomic E-state index is 10.8. The van der Waals surface area contributed by atoms with Crippen LogP contribution in [0.2, 0.25) is 0 Å². The first-order chi connectivity index (χ1) is 9.16. The van der Waals surface area contributed by atoms with Crippen LogP contribution in [0.15, 0.2) is 30.3 Å². The highest BCUT2D eigenvalue weighted by atomic mass is 16.4. The monoisotopic (exact) mass is 262 g/mol. The molecule has 1 aromatic carbocycles. The normalized spacial score (nSPS) is 21.1. The van der Waals surface area contributed by atoms with Crippen LogP contribution >= 0.6 is 0 Å². The molecule has 0 radical (unpaired) electrons. The summed E-state index contributed by atoms with van der Waals surface area (Å²) in [5.41, 5.74) is 1.23. The fraction of sp³-hybridized carbons (Fsp3) is 0.533. The lowest BCUT2D eigenvalue weighted by atomic mass is 10.1. The number of nitrogens with zero attached hydrogens (tertiary/aromatic N) is 2. The Morgan fingerprint density at radius 1 is 1.32 bits per heavy atom. The van der Waals surface area contributed by atoms with E-state index in [2.05, 4.69) is 41.1 Å². The van der Waals surface area contributed by atoms with Crippen molar-refractivity contribution in [3.8, 4) is 0 Å². The molecule has 19 heavy (non-hydrogen) atoms. The second-order valence-corrected chi connectivity index (χ2v) is 5.20. The van der Waals surface area contributed by atoms with Gasteiger partial charge >= 0.3 is 5.97 Å². The van der Waals surface area contributed by atoms with Crippen LogP contribution in [-0.2, 0) is 4.79 Å².